The number of aryl methyl sites for hydroxylation is 2. The summed E-state index contributed by atoms with van der Waals surface area (Å²) >= 11 is 3.11. The van der Waals surface area contributed by atoms with Gasteiger partial charge >= 0.3 is 6.18 Å². The predicted octanol–water partition coefficient (Wildman–Crippen LogP) is 8.80. The highest BCUT2D eigenvalue weighted by molar-refractivity contribution is 7.99. The predicted molar refractivity (Wildman–Crippen MR) is 141 cm³/mol. The first-order valence-electron chi connectivity index (χ1n) is 11.6. The van der Waals surface area contributed by atoms with E-state index in [1.165, 1.54) is 23.5 Å². The topological polar surface area (TPSA) is 102 Å². The SMILES string of the molecule is CCCC(Sc1cc(C)c(-c2ccc(C(F)(F)F)cc2)c(C)c1)c1ccc(C(=O)NCC(N=N)N=N)s1. The van der Waals surface area contributed by atoms with Crippen LogP contribution in [0.2, 0.25) is 0 Å². The third-order valence-electron chi connectivity index (χ3n) is 5.75. The highest BCUT2D eigenvalue weighted by Crippen LogP contribution is 2.43. The number of nitrogens with zero attached hydrogens (tertiary/aromatic N) is 2. The molecule has 1 heterocycles. The zero-order chi connectivity index (χ0) is 27.2. The van der Waals surface area contributed by atoms with Gasteiger partial charge < -0.3 is 5.32 Å². The van der Waals surface area contributed by atoms with Gasteiger partial charge in [0, 0.05) is 15.0 Å². The summed E-state index contributed by atoms with van der Waals surface area (Å²) in [5, 5.41) is 9.12. The van der Waals surface area contributed by atoms with Gasteiger partial charge in [-0.2, -0.15) is 23.4 Å². The van der Waals surface area contributed by atoms with E-state index in [1.54, 1.807) is 17.8 Å². The summed E-state index contributed by atoms with van der Waals surface area (Å²) in [4.78, 5) is 15.1. The molecule has 37 heavy (non-hydrogen) atoms. The molecule has 1 atom stereocenters. The molecule has 0 aliphatic rings. The van der Waals surface area contributed by atoms with Gasteiger partial charge in [0.2, 0.25) is 0 Å². The van der Waals surface area contributed by atoms with Crippen molar-refractivity contribution < 1.29 is 18.0 Å². The van der Waals surface area contributed by atoms with Crippen LogP contribution in [0.5, 0.6) is 0 Å². The largest absolute Gasteiger partial charge is 0.416 e. The van der Waals surface area contributed by atoms with Crippen LogP contribution in [0.3, 0.4) is 0 Å². The third-order valence-corrected chi connectivity index (χ3v) is 8.38. The molecule has 0 spiro atoms. The number of thioether (sulfide) groups is 1. The smallest absolute Gasteiger partial charge is 0.347 e. The van der Waals surface area contributed by atoms with Gasteiger partial charge in [-0.05, 0) is 78.9 Å². The number of rotatable bonds is 11. The number of hydrogen-bond donors (Lipinski definition) is 3. The van der Waals surface area contributed by atoms with Crippen molar-refractivity contribution in [3.8, 4) is 11.1 Å². The fourth-order valence-corrected chi connectivity index (χ4v) is 6.59. The van der Waals surface area contributed by atoms with Crippen molar-refractivity contribution in [1.82, 2.24) is 5.32 Å². The van der Waals surface area contributed by atoms with E-state index in [-0.39, 0.29) is 17.7 Å². The Kier molecular flexibility index (Phi) is 9.61. The molecule has 3 N–H and O–H groups in total. The molecule has 1 amide bonds. The first-order chi connectivity index (χ1) is 17.6. The van der Waals surface area contributed by atoms with E-state index >= 15 is 0 Å². The van der Waals surface area contributed by atoms with Crippen molar-refractivity contribution in [2.75, 3.05) is 6.54 Å². The van der Waals surface area contributed by atoms with Gasteiger partial charge in [-0.15, -0.1) is 23.1 Å². The number of carbonyl (C=O) groups excluding carboxylic acids is 1. The van der Waals surface area contributed by atoms with Gasteiger partial charge in [-0.1, -0.05) is 25.5 Å². The summed E-state index contributed by atoms with van der Waals surface area (Å²) in [6, 6.07) is 13.1. The van der Waals surface area contributed by atoms with Gasteiger partial charge in [0.25, 0.3) is 5.91 Å². The minimum Gasteiger partial charge on any atom is -0.347 e. The number of amides is 1. The average Bonchev–Trinajstić information content (AvgIpc) is 3.34. The number of carbonyl (C=O) groups is 1. The van der Waals surface area contributed by atoms with E-state index in [4.69, 9.17) is 11.1 Å². The van der Waals surface area contributed by atoms with Gasteiger partial charge in [-0.25, -0.2) is 11.1 Å². The van der Waals surface area contributed by atoms with Crippen LogP contribution in [0.4, 0.5) is 13.2 Å². The van der Waals surface area contributed by atoms with E-state index in [1.807, 2.05) is 19.9 Å². The number of nitrogens with one attached hydrogen (secondary N) is 3. The Morgan fingerprint density at radius 1 is 1.05 bits per heavy atom. The molecule has 0 radical (unpaired) electrons. The van der Waals surface area contributed by atoms with Crippen LogP contribution in [0.1, 0.15) is 56.3 Å². The molecule has 0 bridgehead atoms. The summed E-state index contributed by atoms with van der Waals surface area (Å²) in [5.74, 6) is -0.290. The second kappa shape index (κ2) is 12.5. The molecule has 3 aromatic rings. The third kappa shape index (κ3) is 7.26. The summed E-state index contributed by atoms with van der Waals surface area (Å²) in [6.45, 7) is 6.03. The van der Waals surface area contributed by atoms with Gasteiger partial charge in [0.15, 0.2) is 6.17 Å². The molecule has 1 unspecified atom stereocenters. The number of hydrogen-bond acceptors (Lipinski definition) is 7. The summed E-state index contributed by atoms with van der Waals surface area (Å²) in [5.41, 5.74) is 16.9. The molecule has 6 nitrogen and oxygen atoms in total. The van der Waals surface area contributed by atoms with Crippen LogP contribution in [0.25, 0.3) is 11.1 Å². The Balaban J connectivity index is 1.79. The normalized spacial score (nSPS) is 13.1. The maximum Gasteiger partial charge on any atom is 0.416 e. The summed E-state index contributed by atoms with van der Waals surface area (Å²) < 4.78 is 38.9. The lowest BCUT2D eigenvalue weighted by molar-refractivity contribution is -0.137. The minimum absolute atomic E-state index is 0.00393. The van der Waals surface area contributed by atoms with E-state index < -0.39 is 17.9 Å². The van der Waals surface area contributed by atoms with E-state index in [9.17, 15) is 18.0 Å². The Hall–Kier alpha value is -3.05. The second-order valence-electron chi connectivity index (χ2n) is 8.55. The molecule has 3 rings (SSSR count). The zero-order valence-electron chi connectivity index (χ0n) is 20.6. The van der Waals surface area contributed by atoms with Gasteiger partial charge in [0.1, 0.15) is 0 Å². The van der Waals surface area contributed by atoms with Crippen LogP contribution in [-0.2, 0) is 6.18 Å². The quantitative estimate of drug-likeness (QED) is 0.165. The molecule has 0 saturated heterocycles. The lowest BCUT2D eigenvalue weighted by atomic mass is 9.95. The number of alkyl halides is 3. The molecular formula is C26H28F3N5OS2. The van der Waals surface area contributed by atoms with Gasteiger partial charge in [0.05, 0.1) is 17.0 Å². The second-order valence-corrected chi connectivity index (χ2v) is 10.9. The lowest BCUT2D eigenvalue weighted by Gasteiger charge is -2.18. The first-order valence-corrected chi connectivity index (χ1v) is 13.3. The molecular weight excluding hydrogens is 519 g/mol. The molecule has 1 aromatic heterocycles. The molecule has 0 fully saturated rings. The van der Waals surface area contributed by atoms with E-state index in [2.05, 4.69) is 34.6 Å². The highest BCUT2D eigenvalue weighted by Gasteiger charge is 2.30. The first kappa shape index (κ1) is 28.5. The average molecular weight is 548 g/mol. The van der Waals surface area contributed by atoms with Crippen LogP contribution in [0.15, 0.2) is 63.7 Å². The summed E-state index contributed by atoms with van der Waals surface area (Å²) in [7, 11) is 0. The summed E-state index contributed by atoms with van der Waals surface area (Å²) in [6.07, 6.45) is -3.42. The Bertz CT molecular complexity index is 1230. The van der Waals surface area contributed by atoms with Crippen LogP contribution >= 0.6 is 23.1 Å². The van der Waals surface area contributed by atoms with Crippen molar-refractivity contribution in [3.05, 3.63) is 75.0 Å². The lowest BCUT2D eigenvalue weighted by Crippen LogP contribution is -2.29. The molecule has 0 aliphatic carbocycles. The maximum atomic E-state index is 13.0. The monoisotopic (exact) mass is 547 g/mol. The fraction of sp³-hybridized carbons (Fsp3) is 0.346. The van der Waals surface area contributed by atoms with Crippen LogP contribution in [-0.4, -0.2) is 18.6 Å². The maximum absolute atomic E-state index is 13.0. The molecule has 11 heteroatoms. The highest BCUT2D eigenvalue weighted by atomic mass is 32.2. The van der Waals surface area contributed by atoms with Crippen molar-refractivity contribution in [2.45, 2.75) is 56.1 Å². The van der Waals surface area contributed by atoms with Crippen LogP contribution in [0, 0.1) is 24.9 Å². The fourth-order valence-electron chi connectivity index (χ4n) is 4.00. The van der Waals surface area contributed by atoms with Crippen LogP contribution < -0.4 is 5.32 Å². The number of halogens is 3. The van der Waals surface area contributed by atoms with E-state index in [0.29, 0.717) is 4.88 Å². The van der Waals surface area contributed by atoms with Crippen molar-refractivity contribution in [3.63, 3.8) is 0 Å². The van der Waals surface area contributed by atoms with Crippen molar-refractivity contribution >= 4 is 29.0 Å². The Morgan fingerprint density at radius 2 is 1.68 bits per heavy atom. The zero-order valence-corrected chi connectivity index (χ0v) is 22.3. The van der Waals surface area contributed by atoms with Crippen molar-refractivity contribution in [1.29, 1.82) is 11.1 Å². The molecule has 0 saturated carbocycles. The number of benzene rings is 2. The number of thiophene rings is 1. The Labute approximate surface area is 222 Å². The molecule has 0 aliphatic heterocycles. The minimum atomic E-state index is -4.36. The van der Waals surface area contributed by atoms with E-state index in [0.717, 1.165) is 57.0 Å². The molecule has 196 valence electrons. The van der Waals surface area contributed by atoms with Gasteiger partial charge in [-0.3, -0.25) is 4.79 Å². The standard InChI is InChI=1S/C26H28F3N5OS2/c1-4-5-20(21-10-11-22(37-21)25(35)32-14-23(33-30)34-31)36-19-12-15(2)24(16(3)13-19)17-6-8-18(9-7-17)26(27,28)29/h6-13,20,23,30-31H,4-5,14H2,1-3H3,(H,32,35). The molecule has 2 aromatic carbocycles. The Morgan fingerprint density at radius 3 is 2.22 bits per heavy atom. The van der Waals surface area contributed by atoms with Crippen molar-refractivity contribution in [2.24, 2.45) is 10.2 Å².